The number of rotatable bonds is 7. The van der Waals surface area contributed by atoms with Gasteiger partial charge in [-0.1, -0.05) is 17.7 Å². The molecule has 8 nitrogen and oxygen atoms in total. The molecule has 1 aliphatic rings. The van der Waals surface area contributed by atoms with Crippen LogP contribution in [0.2, 0.25) is 0 Å². The maximum Gasteiger partial charge on any atom is 0.226 e. The van der Waals surface area contributed by atoms with Crippen LogP contribution >= 0.6 is 24.0 Å². The van der Waals surface area contributed by atoms with E-state index in [9.17, 15) is 4.79 Å². The highest BCUT2D eigenvalue weighted by Gasteiger charge is 2.15. The van der Waals surface area contributed by atoms with Crippen LogP contribution in [-0.4, -0.2) is 37.1 Å². The summed E-state index contributed by atoms with van der Waals surface area (Å²) < 4.78 is 11.4. The molecule has 1 aliphatic heterocycles. The molecule has 0 bridgehead atoms. The number of nitrogens with zero attached hydrogens (tertiary/aromatic N) is 2. The molecule has 4 rings (SSSR count). The SMILES string of the molecule is CN=C(NCCOc1ccc2c(c1)CCC(=O)N2)NCc1coc(-c2ccc(C)cc2)n1.I. The molecule has 0 spiro atoms. The monoisotopic (exact) mass is 561 g/mol. The van der Waals surface area contributed by atoms with Crippen molar-refractivity contribution in [3.8, 4) is 17.2 Å². The van der Waals surface area contributed by atoms with Gasteiger partial charge in [-0.3, -0.25) is 9.79 Å². The van der Waals surface area contributed by atoms with Crippen molar-refractivity contribution in [3.05, 3.63) is 65.5 Å². The Morgan fingerprint density at radius 2 is 2.00 bits per heavy atom. The van der Waals surface area contributed by atoms with Crippen LogP contribution in [0, 0.1) is 6.92 Å². The van der Waals surface area contributed by atoms with Crippen molar-refractivity contribution in [3.63, 3.8) is 0 Å². The Kier molecular flexibility index (Phi) is 8.70. The van der Waals surface area contributed by atoms with Gasteiger partial charge in [-0.15, -0.1) is 24.0 Å². The smallest absolute Gasteiger partial charge is 0.226 e. The first-order chi connectivity index (χ1) is 15.6. The van der Waals surface area contributed by atoms with Gasteiger partial charge in [-0.25, -0.2) is 4.98 Å². The first-order valence-corrected chi connectivity index (χ1v) is 10.6. The van der Waals surface area contributed by atoms with Gasteiger partial charge in [0, 0.05) is 24.7 Å². The van der Waals surface area contributed by atoms with E-state index in [1.54, 1.807) is 13.3 Å². The molecule has 0 radical (unpaired) electrons. The van der Waals surface area contributed by atoms with Gasteiger partial charge in [0.1, 0.15) is 18.6 Å². The fraction of sp³-hybridized carbons (Fsp3) is 0.292. The normalized spacial score (nSPS) is 12.9. The van der Waals surface area contributed by atoms with Crippen LogP contribution in [0.25, 0.3) is 11.5 Å². The van der Waals surface area contributed by atoms with Crippen molar-refractivity contribution in [1.82, 2.24) is 15.6 Å². The van der Waals surface area contributed by atoms with Gasteiger partial charge in [0.2, 0.25) is 11.8 Å². The molecule has 0 unspecified atom stereocenters. The first kappa shape index (κ1) is 24.6. The predicted molar refractivity (Wildman–Crippen MR) is 139 cm³/mol. The summed E-state index contributed by atoms with van der Waals surface area (Å²) in [4.78, 5) is 20.2. The summed E-state index contributed by atoms with van der Waals surface area (Å²) in [5, 5.41) is 9.32. The Bertz CT molecular complexity index is 1110. The fourth-order valence-corrected chi connectivity index (χ4v) is 3.40. The lowest BCUT2D eigenvalue weighted by Gasteiger charge is -2.18. The number of hydrogen-bond donors (Lipinski definition) is 3. The molecule has 3 aromatic rings. The topological polar surface area (TPSA) is 101 Å². The van der Waals surface area contributed by atoms with Gasteiger partial charge >= 0.3 is 0 Å². The Morgan fingerprint density at radius 1 is 1.18 bits per heavy atom. The molecule has 0 atom stereocenters. The number of carbonyl (C=O) groups is 1. The molecule has 0 saturated carbocycles. The zero-order chi connectivity index (χ0) is 22.3. The van der Waals surface area contributed by atoms with E-state index in [1.165, 1.54) is 5.56 Å². The van der Waals surface area contributed by atoms with E-state index < -0.39 is 0 Å². The van der Waals surface area contributed by atoms with Gasteiger partial charge in [0.25, 0.3) is 0 Å². The molecule has 2 heterocycles. The molecule has 1 amide bonds. The highest BCUT2D eigenvalue weighted by molar-refractivity contribution is 14.0. The zero-order valence-electron chi connectivity index (χ0n) is 18.7. The van der Waals surface area contributed by atoms with E-state index in [4.69, 9.17) is 9.15 Å². The summed E-state index contributed by atoms with van der Waals surface area (Å²) in [7, 11) is 1.72. The lowest BCUT2D eigenvalue weighted by atomic mass is 10.0. The van der Waals surface area contributed by atoms with Crippen molar-refractivity contribution in [1.29, 1.82) is 0 Å². The summed E-state index contributed by atoms with van der Waals surface area (Å²) in [6, 6.07) is 13.8. The van der Waals surface area contributed by atoms with Crippen molar-refractivity contribution in [2.75, 3.05) is 25.5 Å². The molecular formula is C24H28IN5O3. The van der Waals surface area contributed by atoms with Crippen LogP contribution in [0.3, 0.4) is 0 Å². The summed E-state index contributed by atoms with van der Waals surface area (Å²) in [5.74, 6) is 2.10. The predicted octanol–water partition coefficient (Wildman–Crippen LogP) is 3.90. The lowest BCUT2D eigenvalue weighted by molar-refractivity contribution is -0.116. The van der Waals surface area contributed by atoms with E-state index in [1.807, 2.05) is 49.4 Å². The lowest BCUT2D eigenvalue weighted by Crippen LogP contribution is -2.38. The van der Waals surface area contributed by atoms with E-state index in [-0.39, 0.29) is 29.9 Å². The minimum Gasteiger partial charge on any atom is -0.492 e. The van der Waals surface area contributed by atoms with Gasteiger partial charge < -0.3 is 25.1 Å². The van der Waals surface area contributed by atoms with Crippen LogP contribution in [0.15, 0.2) is 58.1 Å². The van der Waals surface area contributed by atoms with Crippen LogP contribution in [0.4, 0.5) is 5.69 Å². The van der Waals surface area contributed by atoms with E-state index in [2.05, 4.69) is 25.9 Å². The number of oxazole rings is 1. The number of guanidine groups is 1. The number of benzene rings is 2. The number of aliphatic imine (C=N–C) groups is 1. The van der Waals surface area contributed by atoms with Crippen molar-refractivity contribution < 1.29 is 13.9 Å². The molecule has 0 fully saturated rings. The molecule has 174 valence electrons. The van der Waals surface area contributed by atoms with Gasteiger partial charge in [-0.05, 0) is 49.2 Å². The van der Waals surface area contributed by atoms with E-state index in [0.29, 0.717) is 38.0 Å². The number of anilines is 1. The van der Waals surface area contributed by atoms with Crippen molar-refractivity contribution in [2.45, 2.75) is 26.3 Å². The summed E-state index contributed by atoms with van der Waals surface area (Å²) in [6.45, 7) is 3.60. The number of ether oxygens (including phenoxy) is 1. The summed E-state index contributed by atoms with van der Waals surface area (Å²) in [6.07, 6.45) is 2.90. The standard InChI is InChI=1S/C24H27N5O3.HI/c1-16-3-5-17(6-4-16)23-28-19(15-32-23)14-27-24(25-2)26-11-12-31-20-8-9-21-18(13-20)7-10-22(30)29-21;/h3-6,8-9,13,15H,7,10-12,14H2,1-2H3,(H,29,30)(H2,25,26,27);1H. The minimum atomic E-state index is 0. The fourth-order valence-electron chi connectivity index (χ4n) is 3.40. The summed E-state index contributed by atoms with van der Waals surface area (Å²) >= 11 is 0. The minimum absolute atomic E-state index is 0. The van der Waals surface area contributed by atoms with Gasteiger partial charge in [-0.2, -0.15) is 0 Å². The second-order valence-electron chi connectivity index (χ2n) is 7.58. The van der Waals surface area contributed by atoms with Crippen LogP contribution in [0.5, 0.6) is 5.75 Å². The molecule has 2 aromatic carbocycles. The third kappa shape index (κ3) is 6.70. The molecule has 3 N–H and O–H groups in total. The number of amides is 1. The molecule has 1 aromatic heterocycles. The average molecular weight is 561 g/mol. The first-order valence-electron chi connectivity index (χ1n) is 10.6. The Hall–Kier alpha value is -3.08. The number of hydrogen-bond acceptors (Lipinski definition) is 5. The van der Waals surface area contributed by atoms with Crippen LogP contribution in [-0.2, 0) is 17.8 Å². The van der Waals surface area contributed by atoms with Crippen LogP contribution in [0.1, 0.15) is 23.2 Å². The quantitative estimate of drug-likeness (QED) is 0.175. The van der Waals surface area contributed by atoms with Crippen molar-refractivity contribution in [2.24, 2.45) is 4.99 Å². The molecular weight excluding hydrogens is 533 g/mol. The van der Waals surface area contributed by atoms with E-state index >= 15 is 0 Å². The van der Waals surface area contributed by atoms with Gasteiger partial charge in [0.15, 0.2) is 5.96 Å². The second kappa shape index (κ2) is 11.7. The van der Waals surface area contributed by atoms with E-state index in [0.717, 1.165) is 34.7 Å². The molecule has 9 heteroatoms. The third-order valence-electron chi connectivity index (χ3n) is 5.15. The Labute approximate surface area is 210 Å². The number of aromatic nitrogens is 1. The zero-order valence-corrected chi connectivity index (χ0v) is 21.0. The Morgan fingerprint density at radius 3 is 2.79 bits per heavy atom. The maximum atomic E-state index is 11.5. The number of carbonyl (C=O) groups excluding carboxylic acids is 1. The van der Waals surface area contributed by atoms with Gasteiger partial charge in [0.05, 0.1) is 18.8 Å². The number of nitrogens with one attached hydrogen (secondary N) is 3. The molecule has 0 aliphatic carbocycles. The average Bonchev–Trinajstić information content (AvgIpc) is 3.28. The largest absolute Gasteiger partial charge is 0.492 e. The molecule has 0 saturated heterocycles. The second-order valence-corrected chi connectivity index (χ2v) is 7.58. The number of aryl methyl sites for hydroxylation is 2. The Balaban J connectivity index is 0.00000306. The van der Waals surface area contributed by atoms with Crippen molar-refractivity contribution >= 4 is 41.5 Å². The molecule has 33 heavy (non-hydrogen) atoms. The number of fused-ring (bicyclic) bond motifs is 1. The van der Waals surface area contributed by atoms with Crippen LogP contribution < -0.4 is 20.7 Å². The summed E-state index contributed by atoms with van der Waals surface area (Å²) in [5.41, 5.74) is 4.91. The maximum absolute atomic E-state index is 11.5. The number of halogens is 1. The highest BCUT2D eigenvalue weighted by Crippen LogP contribution is 2.26. The third-order valence-corrected chi connectivity index (χ3v) is 5.15. The highest BCUT2D eigenvalue weighted by atomic mass is 127.